The zero-order valence-electron chi connectivity index (χ0n) is 11.2. The maximum Gasteiger partial charge on any atom is 0.312 e. The summed E-state index contributed by atoms with van der Waals surface area (Å²) >= 11 is 3.16. The second kappa shape index (κ2) is 6.87. The summed E-state index contributed by atoms with van der Waals surface area (Å²) in [5, 5.41) is 0. The number of rotatable bonds is 3. The lowest BCUT2D eigenvalue weighted by molar-refractivity contribution is -0.152. The number of hydrogen-bond acceptors (Lipinski definition) is 3. The minimum Gasteiger partial charge on any atom is -0.469 e. The topological polar surface area (TPSA) is 52.3 Å². The summed E-state index contributed by atoms with van der Waals surface area (Å²) in [7, 11) is 1.40. The van der Waals surface area contributed by atoms with Gasteiger partial charge in [0.1, 0.15) is 5.82 Å². The number of halogens is 3. The van der Waals surface area contributed by atoms with Gasteiger partial charge >= 0.3 is 5.97 Å². The molecule has 0 saturated heterocycles. The maximum absolute atomic E-state index is 13.2. The summed E-state index contributed by atoms with van der Waals surface area (Å²) in [4.78, 5) is 12.1. The predicted octanol–water partition coefficient (Wildman–Crippen LogP) is 3.22. The van der Waals surface area contributed by atoms with E-state index >= 15 is 0 Å². The van der Waals surface area contributed by atoms with Gasteiger partial charge in [0.25, 0.3) is 0 Å². The van der Waals surface area contributed by atoms with Crippen LogP contribution in [0.5, 0.6) is 0 Å². The third kappa shape index (κ3) is 3.51. The van der Waals surface area contributed by atoms with E-state index in [1.165, 1.54) is 13.2 Å². The summed E-state index contributed by atoms with van der Waals surface area (Å²) in [6.07, 6.45) is 2.69. The Kier molecular flexibility index (Phi) is 5.98. The number of methoxy groups -OCH3 is 1. The van der Waals surface area contributed by atoms with Crippen LogP contribution < -0.4 is 5.73 Å². The van der Waals surface area contributed by atoms with Gasteiger partial charge in [-0.15, -0.1) is 12.4 Å². The van der Waals surface area contributed by atoms with E-state index in [2.05, 4.69) is 15.9 Å². The van der Waals surface area contributed by atoms with Crippen molar-refractivity contribution < 1.29 is 13.9 Å². The number of esters is 1. The number of hydrogen-bond donors (Lipinski definition) is 1. The first-order valence-electron chi connectivity index (χ1n) is 6.25. The Labute approximate surface area is 132 Å². The van der Waals surface area contributed by atoms with Gasteiger partial charge in [0.15, 0.2) is 0 Å². The van der Waals surface area contributed by atoms with Crippen LogP contribution in [-0.4, -0.2) is 19.1 Å². The molecule has 2 rings (SSSR count). The fourth-order valence-electron chi connectivity index (χ4n) is 2.84. The number of ether oxygens (including phenoxy) is 1. The third-order valence-corrected chi connectivity index (χ3v) is 4.40. The number of benzene rings is 1. The molecule has 1 aliphatic carbocycles. The van der Waals surface area contributed by atoms with Crippen molar-refractivity contribution in [1.82, 2.24) is 0 Å². The molecule has 0 aliphatic heterocycles. The Morgan fingerprint density at radius 3 is 2.80 bits per heavy atom. The van der Waals surface area contributed by atoms with Gasteiger partial charge in [-0.05, 0) is 59.3 Å². The van der Waals surface area contributed by atoms with Crippen LogP contribution in [0.15, 0.2) is 22.7 Å². The normalized spacial score (nSPS) is 25.1. The van der Waals surface area contributed by atoms with Gasteiger partial charge in [0, 0.05) is 6.04 Å². The van der Waals surface area contributed by atoms with E-state index in [0.29, 0.717) is 17.3 Å². The van der Waals surface area contributed by atoms with Crippen molar-refractivity contribution in [2.45, 2.75) is 31.7 Å². The first-order valence-corrected chi connectivity index (χ1v) is 7.04. The van der Waals surface area contributed by atoms with E-state index in [4.69, 9.17) is 10.5 Å². The molecule has 0 amide bonds. The molecule has 0 unspecified atom stereocenters. The van der Waals surface area contributed by atoms with Crippen LogP contribution >= 0.6 is 28.3 Å². The fourth-order valence-corrected chi connectivity index (χ4v) is 3.27. The van der Waals surface area contributed by atoms with Crippen molar-refractivity contribution in [3.05, 3.63) is 34.1 Å². The van der Waals surface area contributed by atoms with E-state index in [0.717, 1.165) is 18.4 Å². The average Bonchev–Trinajstić information content (AvgIpc) is 2.75. The van der Waals surface area contributed by atoms with Crippen molar-refractivity contribution in [1.29, 1.82) is 0 Å². The van der Waals surface area contributed by atoms with Crippen molar-refractivity contribution in [2.75, 3.05) is 7.11 Å². The Morgan fingerprint density at radius 1 is 1.60 bits per heavy atom. The van der Waals surface area contributed by atoms with Gasteiger partial charge in [-0.25, -0.2) is 4.39 Å². The summed E-state index contributed by atoms with van der Waals surface area (Å²) < 4.78 is 18.6. The lowest BCUT2D eigenvalue weighted by atomic mass is 9.80. The Morgan fingerprint density at radius 2 is 2.30 bits per heavy atom. The summed E-state index contributed by atoms with van der Waals surface area (Å²) in [6, 6.07) is 4.85. The van der Waals surface area contributed by atoms with Crippen LogP contribution in [0.4, 0.5) is 4.39 Å². The van der Waals surface area contributed by atoms with Crippen LogP contribution in [0, 0.1) is 11.2 Å². The largest absolute Gasteiger partial charge is 0.469 e. The van der Waals surface area contributed by atoms with Gasteiger partial charge in [-0.1, -0.05) is 6.07 Å². The molecule has 1 aliphatic rings. The predicted molar refractivity (Wildman–Crippen MR) is 81.3 cm³/mol. The van der Waals surface area contributed by atoms with Crippen molar-refractivity contribution in [3.8, 4) is 0 Å². The van der Waals surface area contributed by atoms with Gasteiger partial charge in [0.05, 0.1) is 17.0 Å². The summed E-state index contributed by atoms with van der Waals surface area (Å²) in [5.41, 5.74) is 6.28. The fraction of sp³-hybridized carbons (Fsp3) is 0.500. The first-order chi connectivity index (χ1) is 8.97. The number of nitrogens with two attached hydrogens (primary N) is 1. The maximum atomic E-state index is 13.2. The molecule has 6 heteroatoms. The van der Waals surface area contributed by atoms with Crippen LogP contribution in [0.1, 0.15) is 24.8 Å². The second-order valence-corrected chi connectivity index (χ2v) is 6.05. The smallest absolute Gasteiger partial charge is 0.312 e. The molecule has 3 nitrogen and oxygen atoms in total. The molecule has 2 atom stereocenters. The molecular weight excluding hydrogens is 349 g/mol. The molecule has 1 aromatic rings. The SMILES string of the molecule is COC(=O)[C@@]1(Cc2ccc(F)c(Br)c2)CC[C@H](N)C1.Cl. The molecule has 112 valence electrons. The molecule has 0 radical (unpaired) electrons. The van der Waals surface area contributed by atoms with Crippen LogP contribution in [-0.2, 0) is 16.0 Å². The molecule has 0 bridgehead atoms. The van der Waals surface area contributed by atoms with Gasteiger partial charge in [0.2, 0.25) is 0 Å². The third-order valence-electron chi connectivity index (χ3n) is 3.79. The summed E-state index contributed by atoms with van der Waals surface area (Å²) in [5.74, 6) is -0.528. The van der Waals surface area contributed by atoms with E-state index < -0.39 is 5.41 Å². The Balaban J connectivity index is 0.00000200. The van der Waals surface area contributed by atoms with Crippen molar-refractivity contribution in [3.63, 3.8) is 0 Å². The zero-order chi connectivity index (χ0) is 14.0. The Hall–Kier alpha value is -0.650. The molecule has 20 heavy (non-hydrogen) atoms. The van der Waals surface area contributed by atoms with Crippen LogP contribution in [0.25, 0.3) is 0 Å². The molecular formula is C14H18BrClFNO2. The van der Waals surface area contributed by atoms with E-state index in [-0.39, 0.29) is 30.2 Å². The zero-order valence-corrected chi connectivity index (χ0v) is 13.6. The van der Waals surface area contributed by atoms with Crippen LogP contribution in [0.3, 0.4) is 0 Å². The highest BCUT2D eigenvalue weighted by Crippen LogP contribution is 2.41. The first kappa shape index (κ1) is 17.4. The van der Waals surface area contributed by atoms with E-state index in [9.17, 15) is 9.18 Å². The molecule has 1 fully saturated rings. The van der Waals surface area contributed by atoms with Gasteiger partial charge < -0.3 is 10.5 Å². The van der Waals surface area contributed by atoms with Crippen LogP contribution in [0.2, 0.25) is 0 Å². The van der Waals surface area contributed by atoms with E-state index in [1.807, 2.05) is 0 Å². The van der Waals surface area contributed by atoms with Crippen molar-refractivity contribution >= 4 is 34.3 Å². The molecule has 0 spiro atoms. The lowest BCUT2D eigenvalue weighted by Gasteiger charge is -2.26. The van der Waals surface area contributed by atoms with Crippen molar-refractivity contribution in [2.24, 2.45) is 11.1 Å². The minimum atomic E-state index is -0.564. The molecule has 1 saturated carbocycles. The molecule has 2 N–H and O–H groups in total. The highest BCUT2D eigenvalue weighted by Gasteiger charge is 2.45. The second-order valence-electron chi connectivity index (χ2n) is 5.20. The summed E-state index contributed by atoms with van der Waals surface area (Å²) in [6.45, 7) is 0. The van der Waals surface area contributed by atoms with E-state index in [1.54, 1.807) is 12.1 Å². The number of carbonyl (C=O) groups excluding carboxylic acids is 1. The number of carbonyl (C=O) groups is 1. The highest BCUT2D eigenvalue weighted by atomic mass is 79.9. The molecule has 0 aromatic heterocycles. The van der Waals surface area contributed by atoms with Gasteiger partial charge in [-0.2, -0.15) is 0 Å². The highest BCUT2D eigenvalue weighted by molar-refractivity contribution is 9.10. The lowest BCUT2D eigenvalue weighted by Crippen LogP contribution is -2.33. The van der Waals surface area contributed by atoms with Gasteiger partial charge in [-0.3, -0.25) is 4.79 Å². The minimum absolute atomic E-state index is 0. The standard InChI is InChI=1S/C14H17BrFNO2.ClH/c1-19-13(18)14(5-4-10(17)8-14)7-9-2-3-12(16)11(15)6-9;/h2-3,6,10H,4-5,7-8,17H2,1H3;1H/t10-,14+;/m0./s1. The molecule has 0 heterocycles. The molecule has 1 aromatic carbocycles. The Bertz CT molecular complexity index is 500. The quantitative estimate of drug-likeness (QED) is 0.836. The average molecular weight is 367 g/mol. The monoisotopic (exact) mass is 365 g/mol.